The molecule has 0 aliphatic carbocycles. The van der Waals surface area contributed by atoms with E-state index in [2.05, 4.69) is 19.2 Å². The second kappa shape index (κ2) is 7.41. The van der Waals surface area contributed by atoms with Crippen LogP contribution in [0.3, 0.4) is 0 Å². The van der Waals surface area contributed by atoms with Gasteiger partial charge in [0.15, 0.2) is 0 Å². The molecule has 4 heteroatoms. The van der Waals surface area contributed by atoms with E-state index in [1.807, 2.05) is 23.9 Å². The lowest BCUT2D eigenvalue weighted by Gasteiger charge is -2.15. The van der Waals surface area contributed by atoms with Crippen molar-refractivity contribution in [1.82, 2.24) is 5.32 Å². The van der Waals surface area contributed by atoms with Gasteiger partial charge in [0.2, 0.25) is 0 Å². The van der Waals surface area contributed by atoms with Crippen molar-refractivity contribution in [3.8, 4) is 5.75 Å². The fraction of sp³-hybridized carbons (Fsp3) is 0.600. The second-order valence-electron chi connectivity index (χ2n) is 4.92. The van der Waals surface area contributed by atoms with Crippen LogP contribution in [0.25, 0.3) is 0 Å². The maximum absolute atomic E-state index is 6.16. The number of hydrogen-bond acceptors (Lipinski definition) is 3. The van der Waals surface area contributed by atoms with Crippen molar-refractivity contribution >= 4 is 23.4 Å². The Morgan fingerprint density at radius 1 is 1.47 bits per heavy atom. The van der Waals surface area contributed by atoms with Gasteiger partial charge in [-0.25, -0.2) is 0 Å². The Labute approximate surface area is 125 Å². The van der Waals surface area contributed by atoms with Crippen molar-refractivity contribution in [3.05, 3.63) is 28.3 Å². The van der Waals surface area contributed by atoms with Crippen LogP contribution in [-0.2, 0) is 13.0 Å². The number of ether oxygens (including phenoxy) is 1. The molecule has 0 bridgehead atoms. The van der Waals surface area contributed by atoms with Gasteiger partial charge in [-0.3, -0.25) is 0 Å². The highest BCUT2D eigenvalue weighted by molar-refractivity contribution is 7.99. The molecule has 1 aromatic rings. The van der Waals surface area contributed by atoms with Gasteiger partial charge in [-0.15, -0.1) is 0 Å². The Kier molecular flexibility index (Phi) is 5.86. The van der Waals surface area contributed by atoms with Crippen molar-refractivity contribution in [2.75, 3.05) is 18.1 Å². The fourth-order valence-corrected chi connectivity index (χ4v) is 3.34. The molecular formula is C15H22ClNOS. The largest absolute Gasteiger partial charge is 0.493 e. The molecule has 0 radical (unpaired) electrons. The topological polar surface area (TPSA) is 21.3 Å². The van der Waals surface area contributed by atoms with Crippen molar-refractivity contribution in [1.29, 1.82) is 0 Å². The first-order valence-corrected chi connectivity index (χ1v) is 8.49. The van der Waals surface area contributed by atoms with Gasteiger partial charge >= 0.3 is 0 Å². The zero-order valence-corrected chi connectivity index (χ0v) is 13.2. The molecule has 0 amide bonds. The Hall–Kier alpha value is -0.380. The molecule has 0 saturated heterocycles. The summed E-state index contributed by atoms with van der Waals surface area (Å²) in [4.78, 5) is 0. The lowest BCUT2D eigenvalue weighted by atomic mass is 10.1. The standard InChI is InChI=1S/C15H22ClNOS/c1-3-19-7-5-11(2)17-10-13-9-14(16)8-12-4-6-18-15(12)13/h8-9,11,17H,3-7,10H2,1-2H3. The first-order chi connectivity index (χ1) is 9.20. The van der Waals surface area contributed by atoms with Crippen molar-refractivity contribution in [3.63, 3.8) is 0 Å². The molecule has 0 fully saturated rings. The summed E-state index contributed by atoms with van der Waals surface area (Å²) in [6.07, 6.45) is 2.17. The van der Waals surface area contributed by atoms with E-state index in [9.17, 15) is 0 Å². The lowest BCUT2D eigenvalue weighted by Crippen LogP contribution is -2.26. The van der Waals surface area contributed by atoms with Crippen molar-refractivity contribution < 1.29 is 4.74 Å². The molecule has 1 aromatic carbocycles. The molecule has 1 unspecified atom stereocenters. The molecule has 2 nitrogen and oxygen atoms in total. The van der Waals surface area contributed by atoms with E-state index >= 15 is 0 Å². The second-order valence-corrected chi connectivity index (χ2v) is 6.75. The van der Waals surface area contributed by atoms with Crippen LogP contribution in [0.1, 0.15) is 31.4 Å². The monoisotopic (exact) mass is 299 g/mol. The Balaban J connectivity index is 1.89. The van der Waals surface area contributed by atoms with Gasteiger partial charge in [0.25, 0.3) is 0 Å². The summed E-state index contributed by atoms with van der Waals surface area (Å²) in [5, 5.41) is 4.38. The van der Waals surface area contributed by atoms with E-state index in [1.165, 1.54) is 29.1 Å². The minimum absolute atomic E-state index is 0.523. The Morgan fingerprint density at radius 2 is 2.32 bits per heavy atom. The summed E-state index contributed by atoms with van der Waals surface area (Å²) in [6, 6.07) is 4.57. The number of halogens is 1. The van der Waals surface area contributed by atoms with Crippen LogP contribution >= 0.6 is 23.4 Å². The van der Waals surface area contributed by atoms with E-state index in [0.29, 0.717) is 6.04 Å². The summed E-state index contributed by atoms with van der Waals surface area (Å²) in [5.74, 6) is 3.46. The average Bonchev–Trinajstić information content (AvgIpc) is 2.84. The summed E-state index contributed by atoms with van der Waals surface area (Å²) in [6.45, 7) is 6.06. The maximum atomic E-state index is 6.16. The summed E-state index contributed by atoms with van der Waals surface area (Å²) in [5.41, 5.74) is 2.44. The molecule has 1 heterocycles. The minimum atomic E-state index is 0.523. The molecule has 1 N–H and O–H groups in total. The van der Waals surface area contributed by atoms with Crippen LogP contribution in [0.2, 0.25) is 5.02 Å². The zero-order chi connectivity index (χ0) is 13.7. The predicted octanol–water partition coefficient (Wildman–Crippen LogP) is 3.90. The average molecular weight is 300 g/mol. The van der Waals surface area contributed by atoms with Crippen LogP contribution in [0.15, 0.2) is 12.1 Å². The number of benzene rings is 1. The molecule has 1 atom stereocenters. The normalized spacial score (nSPS) is 15.1. The molecule has 0 spiro atoms. The molecule has 19 heavy (non-hydrogen) atoms. The van der Waals surface area contributed by atoms with E-state index < -0.39 is 0 Å². The smallest absolute Gasteiger partial charge is 0.127 e. The highest BCUT2D eigenvalue weighted by atomic mass is 35.5. The third-order valence-corrected chi connectivity index (χ3v) is 4.52. The molecular weight excluding hydrogens is 278 g/mol. The third-order valence-electron chi connectivity index (χ3n) is 3.37. The van der Waals surface area contributed by atoms with Crippen molar-refractivity contribution in [2.24, 2.45) is 0 Å². The summed E-state index contributed by atoms with van der Waals surface area (Å²) < 4.78 is 5.71. The Morgan fingerprint density at radius 3 is 3.11 bits per heavy atom. The highest BCUT2D eigenvalue weighted by Crippen LogP contribution is 2.32. The predicted molar refractivity (Wildman–Crippen MR) is 84.6 cm³/mol. The van der Waals surface area contributed by atoms with E-state index in [0.717, 1.165) is 30.3 Å². The number of thioether (sulfide) groups is 1. The zero-order valence-electron chi connectivity index (χ0n) is 11.7. The van der Waals surface area contributed by atoms with Crippen LogP contribution in [0, 0.1) is 0 Å². The lowest BCUT2D eigenvalue weighted by molar-refractivity contribution is 0.351. The summed E-state index contributed by atoms with van der Waals surface area (Å²) in [7, 11) is 0. The van der Waals surface area contributed by atoms with Gasteiger partial charge in [-0.1, -0.05) is 18.5 Å². The molecule has 1 aliphatic heterocycles. The first kappa shape index (κ1) is 15.0. The van der Waals surface area contributed by atoms with Gasteiger partial charge in [0.1, 0.15) is 5.75 Å². The van der Waals surface area contributed by atoms with Gasteiger partial charge in [-0.2, -0.15) is 11.8 Å². The van der Waals surface area contributed by atoms with Gasteiger partial charge < -0.3 is 10.1 Å². The van der Waals surface area contributed by atoms with Gasteiger partial charge in [0.05, 0.1) is 6.61 Å². The molecule has 1 aliphatic rings. The number of nitrogens with one attached hydrogen (secondary N) is 1. The summed E-state index contributed by atoms with van der Waals surface area (Å²) >= 11 is 8.15. The quantitative estimate of drug-likeness (QED) is 0.772. The fourth-order valence-electron chi connectivity index (χ4n) is 2.27. The number of rotatable bonds is 7. The third kappa shape index (κ3) is 4.30. The van der Waals surface area contributed by atoms with Crippen LogP contribution < -0.4 is 10.1 Å². The van der Waals surface area contributed by atoms with Crippen molar-refractivity contribution in [2.45, 2.75) is 39.3 Å². The minimum Gasteiger partial charge on any atom is -0.493 e. The van der Waals surface area contributed by atoms with E-state index in [4.69, 9.17) is 16.3 Å². The highest BCUT2D eigenvalue weighted by Gasteiger charge is 2.17. The van der Waals surface area contributed by atoms with Crippen LogP contribution in [0.5, 0.6) is 5.75 Å². The van der Waals surface area contributed by atoms with Gasteiger partial charge in [-0.05, 0) is 42.5 Å². The van der Waals surface area contributed by atoms with E-state index in [1.54, 1.807) is 0 Å². The maximum Gasteiger partial charge on any atom is 0.127 e. The van der Waals surface area contributed by atoms with Gasteiger partial charge in [0, 0.05) is 29.6 Å². The van der Waals surface area contributed by atoms with Crippen LogP contribution in [-0.4, -0.2) is 24.2 Å². The SMILES string of the molecule is CCSCCC(C)NCc1cc(Cl)cc2c1OCC2. The van der Waals surface area contributed by atoms with E-state index in [-0.39, 0.29) is 0 Å². The Bertz CT molecular complexity index is 425. The number of fused-ring (bicyclic) bond motifs is 1. The molecule has 0 aromatic heterocycles. The van der Waals surface area contributed by atoms with Crippen LogP contribution in [0.4, 0.5) is 0 Å². The molecule has 2 rings (SSSR count). The number of hydrogen-bond donors (Lipinski definition) is 1. The molecule has 106 valence electrons. The first-order valence-electron chi connectivity index (χ1n) is 6.96. The molecule has 0 saturated carbocycles.